The molecule has 1 aromatic carbocycles. The van der Waals surface area contributed by atoms with E-state index in [9.17, 15) is 9.90 Å². The minimum Gasteiger partial charge on any atom is -0.507 e. The van der Waals surface area contributed by atoms with Gasteiger partial charge in [0.05, 0.1) is 5.56 Å². The maximum Gasteiger partial charge on any atom is 0.253 e. The average molecular weight is 233 g/mol. The molecule has 0 aliphatic carbocycles. The van der Waals surface area contributed by atoms with Crippen molar-refractivity contribution >= 4 is 5.91 Å². The quantitative estimate of drug-likeness (QED) is 0.375. The van der Waals surface area contributed by atoms with Gasteiger partial charge in [0, 0.05) is 4.91 Å². The summed E-state index contributed by atoms with van der Waals surface area (Å²) in [6.45, 7) is 5.77. The highest BCUT2D eigenvalue weighted by Crippen LogP contribution is 2.24. The Bertz CT molecular complexity index is 505. The molecule has 0 heterocycles. The Hall–Kier alpha value is -2.46. The number of phenolic OH excluding ortho intramolecular Hbond substituents is 1. The Morgan fingerprint density at radius 3 is 2.94 bits per heavy atom. The first-order valence-corrected chi connectivity index (χ1v) is 4.74. The van der Waals surface area contributed by atoms with Crippen LogP contribution in [0.15, 0.2) is 35.5 Å². The van der Waals surface area contributed by atoms with Crippen molar-refractivity contribution in [2.24, 2.45) is 5.11 Å². The van der Waals surface area contributed by atoms with Gasteiger partial charge in [-0.25, -0.2) is 0 Å². The molecule has 6 nitrogen and oxygen atoms in total. The number of rotatable bonds is 4. The van der Waals surface area contributed by atoms with Crippen molar-refractivity contribution in [1.82, 2.24) is 0 Å². The van der Waals surface area contributed by atoms with E-state index in [0.29, 0.717) is 12.4 Å². The van der Waals surface area contributed by atoms with Crippen LogP contribution in [0.25, 0.3) is 10.4 Å². The monoisotopic (exact) mass is 233 g/mol. The van der Waals surface area contributed by atoms with Crippen molar-refractivity contribution < 1.29 is 14.6 Å². The predicted molar refractivity (Wildman–Crippen MR) is 61.9 cm³/mol. The maximum absolute atomic E-state index is 11.3. The summed E-state index contributed by atoms with van der Waals surface area (Å²) in [5.41, 5.74) is 8.87. The minimum absolute atomic E-state index is 0.0954. The fourth-order valence-corrected chi connectivity index (χ4v) is 1.08. The van der Waals surface area contributed by atoms with E-state index >= 15 is 0 Å². The van der Waals surface area contributed by atoms with Crippen molar-refractivity contribution in [3.05, 3.63) is 46.4 Å². The fourth-order valence-electron chi connectivity index (χ4n) is 1.08. The molecule has 1 N–H and O–H groups in total. The zero-order valence-corrected chi connectivity index (χ0v) is 9.25. The topological polar surface area (TPSA) is 95.3 Å². The molecule has 0 unspecified atom stereocenters. The van der Waals surface area contributed by atoms with Crippen LogP contribution in [0.5, 0.6) is 11.5 Å². The van der Waals surface area contributed by atoms with Gasteiger partial charge in [0.25, 0.3) is 5.91 Å². The number of benzene rings is 1. The third-order valence-electron chi connectivity index (χ3n) is 1.82. The molecule has 1 aromatic rings. The molecule has 17 heavy (non-hydrogen) atoms. The molecule has 0 saturated heterocycles. The van der Waals surface area contributed by atoms with Crippen LogP contribution in [0, 0.1) is 0 Å². The molecular formula is C11H11N3O3. The number of azide groups is 1. The SMILES string of the molecule is C=C(C)COc1ccc(O)c(C(=O)N=[N+]=[N-])c1. The molecule has 0 aliphatic rings. The molecule has 0 fully saturated rings. The van der Waals surface area contributed by atoms with Crippen LogP contribution < -0.4 is 4.74 Å². The third-order valence-corrected chi connectivity index (χ3v) is 1.82. The Balaban J connectivity index is 2.97. The van der Waals surface area contributed by atoms with Crippen molar-refractivity contribution in [3.8, 4) is 11.5 Å². The van der Waals surface area contributed by atoms with Gasteiger partial charge < -0.3 is 9.84 Å². The first-order valence-electron chi connectivity index (χ1n) is 4.74. The second kappa shape index (κ2) is 5.58. The molecule has 0 aromatic heterocycles. The van der Waals surface area contributed by atoms with E-state index in [4.69, 9.17) is 10.3 Å². The lowest BCUT2D eigenvalue weighted by Gasteiger charge is -2.07. The molecule has 0 aliphatic heterocycles. The highest BCUT2D eigenvalue weighted by molar-refractivity contribution is 5.97. The number of hydrogen-bond acceptors (Lipinski definition) is 3. The van der Waals surface area contributed by atoms with Gasteiger partial charge in [0.1, 0.15) is 18.1 Å². The zero-order chi connectivity index (χ0) is 12.8. The maximum atomic E-state index is 11.3. The summed E-state index contributed by atoms with van der Waals surface area (Å²) < 4.78 is 5.29. The standard InChI is InChI=1S/C11H11N3O3/c1-7(2)6-17-8-3-4-10(15)9(5-8)11(16)13-14-12/h3-5,15H,1,6H2,2H3. The van der Waals surface area contributed by atoms with Gasteiger partial charge in [-0.2, -0.15) is 0 Å². The summed E-state index contributed by atoms with van der Waals surface area (Å²) in [6.07, 6.45) is 0. The van der Waals surface area contributed by atoms with Crippen molar-refractivity contribution in [3.63, 3.8) is 0 Å². The zero-order valence-electron chi connectivity index (χ0n) is 9.25. The van der Waals surface area contributed by atoms with Crippen LogP contribution in [0.2, 0.25) is 0 Å². The molecule has 0 bridgehead atoms. The number of aromatic hydroxyl groups is 1. The van der Waals surface area contributed by atoms with Crippen molar-refractivity contribution in [2.45, 2.75) is 6.92 Å². The Kier molecular flexibility index (Phi) is 4.14. The number of ether oxygens (including phenoxy) is 1. The van der Waals surface area contributed by atoms with Gasteiger partial charge >= 0.3 is 0 Å². The van der Waals surface area contributed by atoms with E-state index in [1.54, 1.807) is 6.92 Å². The number of hydrogen-bond donors (Lipinski definition) is 1. The van der Waals surface area contributed by atoms with Gasteiger partial charge in [-0.15, -0.1) is 0 Å². The summed E-state index contributed by atoms with van der Waals surface area (Å²) in [4.78, 5) is 13.7. The van der Waals surface area contributed by atoms with Crippen LogP contribution >= 0.6 is 0 Å². The van der Waals surface area contributed by atoms with Crippen LogP contribution in [-0.4, -0.2) is 17.6 Å². The lowest BCUT2D eigenvalue weighted by molar-refractivity contribution is 0.0997. The van der Waals surface area contributed by atoms with E-state index in [0.717, 1.165) is 5.57 Å². The smallest absolute Gasteiger partial charge is 0.253 e. The number of amides is 1. The number of carbonyl (C=O) groups excluding carboxylic acids is 1. The van der Waals surface area contributed by atoms with E-state index in [2.05, 4.69) is 16.6 Å². The van der Waals surface area contributed by atoms with Crippen molar-refractivity contribution in [2.75, 3.05) is 6.61 Å². The van der Waals surface area contributed by atoms with Crippen LogP contribution in [0.4, 0.5) is 0 Å². The van der Waals surface area contributed by atoms with Crippen LogP contribution in [0.1, 0.15) is 17.3 Å². The van der Waals surface area contributed by atoms with Gasteiger partial charge in [-0.3, -0.25) is 4.79 Å². The summed E-state index contributed by atoms with van der Waals surface area (Å²) in [5, 5.41) is 12.3. The molecule has 0 radical (unpaired) electrons. The highest BCUT2D eigenvalue weighted by atomic mass is 16.5. The fraction of sp³-hybridized carbons (Fsp3) is 0.182. The molecule has 6 heteroatoms. The van der Waals surface area contributed by atoms with Crippen molar-refractivity contribution in [1.29, 1.82) is 0 Å². The largest absolute Gasteiger partial charge is 0.507 e. The van der Waals surface area contributed by atoms with E-state index in [-0.39, 0.29) is 11.3 Å². The van der Waals surface area contributed by atoms with E-state index in [1.807, 2.05) is 0 Å². The Morgan fingerprint density at radius 2 is 2.35 bits per heavy atom. The lowest BCUT2D eigenvalue weighted by atomic mass is 10.2. The normalized spacial score (nSPS) is 9.24. The Labute approximate surface area is 97.8 Å². The molecule has 0 saturated carbocycles. The first-order chi connectivity index (χ1) is 8.04. The lowest BCUT2D eigenvalue weighted by Crippen LogP contribution is -2.00. The summed E-state index contributed by atoms with van der Waals surface area (Å²) in [6, 6.07) is 4.12. The highest BCUT2D eigenvalue weighted by Gasteiger charge is 2.10. The molecule has 1 rings (SSSR count). The van der Waals surface area contributed by atoms with E-state index < -0.39 is 5.91 Å². The summed E-state index contributed by atoms with van der Waals surface area (Å²) >= 11 is 0. The van der Waals surface area contributed by atoms with Gasteiger partial charge in [0.2, 0.25) is 0 Å². The second-order valence-corrected chi connectivity index (χ2v) is 3.42. The second-order valence-electron chi connectivity index (χ2n) is 3.42. The summed E-state index contributed by atoms with van der Waals surface area (Å²) in [5.74, 6) is -0.724. The van der Waals surface area contributed by atoms with Gasteiger partial charge in [-0.1, -0.05) is 6.58 Å². The van der Waals surface area contributed by atoms with Crippen LogP contribution in [0.3, 0.4) is 0 Å². The average Bonchev–Trinajstić information content (AvgIpc) is 2.28. The van der Waals surface area contributed by atoms with Crippen LogP contribution in [-0.2, 0) is 0 Å². The third kappa shape index (κ3) is 3.55. The predicted octanol–water partition coefficient (Wildman–Crippen LogP) is 2.80. The van der Waals surface area contributed by atoms with Gasteiger partial charge in [-0.05, 0) is 41.3 Å². The van der Waals surface area contributed by atoms with Gasteiger partial charge in [0.15, 0.2) is 0 Å². The molecule has 0 spiro atoms. The molecular weight excluding hydrogens is 222 g/mol. The number of nitrogens with zero attached hydrogens (tertiary/aromatic N) is 3. The summed E-state index contributed by atoms with van der Waals surface area (Å²) in [7, 11) is 0. The minimum atomic E-state index is -0.856. The molecule has 1 amide bonds. The molecule has 88 valence electrons. The number of phenols is 1. The molecule has 0 atom stereocenters. The first kappa shape index (κ1) is 12.6. The Morgan fingerprint density at radius 1 is 1.65 bits per heavy atom. The number of carbonyl (C=O) groups is 1. The van der Waals surface area contributed by atoms with E-state index in [1.165, 1.54) is 18.2 Å².